The van der Waals surface area contributed by atoms with Crippen LogP contribution in [0.1, 0.15) is 42.5 Å². The minimum absolute atomic E-state index is 0.286. The van der Waals surface area contributed by atoms with Crippen molar-refractivity contribution in [1.29, 1.82) is 0 Å². The molecule has 3 rings (SSSR count). The monoisotopic (exact) mass is 397 g/mol. The van der Waals surface area contributed by atoms with Crippen molar-refractivity contribution >= 4 is 27.8 Å². The molecule has 1 aliphatic carbocycles. The molecule has 0 spiro atoms. The molecule has 0 saturated heterocycles. The molecule has 6 nitrogen and oxygen atoms in total. The lowest BCUT2D eigenvalue weighted by molar-refractivity contribution is -0.142. The summed E-state index contributed by atoms with van der Waals surface area (Å²) in [5, 5.41) is 12.3. The van der Waals surface area contributed by atoms with Gasteiger partial charge >= 0.3 is 5.97 Å². The van der Waals surface area contributed by atoms with Crippen molar-refractivity contribution in [2.45, 2.75) is 38.1 Å². The Kier molecular flexibility index (Phi) is 5.28. The number of carbonyl (C=O) groups is 2. The van der Waals surface area contributed by atoms with Gasteiger partial charge in [0.25, 0.3) is 5.91 Å². The molecule has 1 saturated carbocycles. The van der Waals surface area contributed by atoms with Crippen LogP contribution in [0, 0.1) is 5.92 Å². The lowest BCUT2D eigenvalue weighted by atomic mass is 9.94. The van der Waals surface area contributed by atoms with E-state index in [2.05, 4.69) is 21.2 Å². The number of aliphatic carboxylic acids is 1. The largest absolute Gasteiger partial charge is 0.486 e. The number of halogens is 1. The first-order valence-electron chi connectivity index (χ1n) is 8.19. The zero-order chi connectivity index (χ0) is 17.1. The van der Waals surface area contributed by atoms with Crippen molar-refractivity contribution in [3.8, 4) is 11.5 Å². The standard InChI is InChI=1S/C17H20BrNO5/c18-12-8-10(9-14-15(12)24-7-6-23-14)16(20)19-13-5-3-1-2-4-11(13)17(21)22/h8-9,11,13H,1-7H2,(H,19,20)(H,21,22)/t11-,13+/m1/s1. The van der Waals surface area contributed by atoms with Gasteiger partial charge in [-0.3, -0.25) is 9.59 Å². The van der Waals surface area contributed by atoms with E-state index < -0.39 is 11.9 Å². The summed E-state index contributed by atoms with van der Waals surface area (Å²) >= 11 is 3.39. The summed E-state index contributed by atoms with van der Waals surface area (Å²) in [5.74, 6) is -0.541. The van der Waals surface area contributed by atoms with Crippen LogP contribution < -0.4 is 14.8 Å². The Labute approximate surface area is 148 Å². The number of fused-ring (bicyclic) bond motifs is 1. The Morgan fingerprint density at radius 2 is 1.88 bits per heavy atom. The molecule has 1 heterocycles. The second-order valence-corrected chi connectivity index (χ2v) is 7.00. The number of rotatable bonds is 3. The zero-order valence-corrected chi connectivity index (χ0v) is 14.8. The van der Waals surface area contributed by atoms with Crippen molar-refractivity contribution < 1.29 is 24.2 Å². The molecule has 1 amide bonds. The first-order valence-corrected chi connectivity index (χ1v) is 8.98. The van der Waals surface area contributed by atoms with Crippen LogP contribution >= 0.6 is 15.9 Å². The molecule has 24 heavy (non-hydrogen) atoms. The number of carbonyl (C=O) groups excluding carboxylic acids is 1. The molecule has 1 fully saturated rings. The lowest BCUT2D eigenvalue weighted by Crippen LogP contribution is -2.42. The second kappa shape index (κ2) is 7.42. The number of carboxylic acid groups (broad SMARTS) is 1. The molecular weight excluding hydrogens is 378 g/mol. The van der Waals surface area contributed by atoms with Gasteiger partial charge in [0.05, 0.1) is 10.4 Å². The van der Waals surface area contributed by atoms with E-state index in [0.29, 0.717) is 47.6 Å². The van der Waals surface area contributed by atoms with Gasteiger partial charge in [0, 0.05) is 11.6 Å². The van der Waals surface area contributed by atoms with E-state index in [9.17, 15) is 14.7 Å². The Bertz CT molecular complexity index is 648. The van der Waals surface area contributed by atoms with Crippen LogP contribution in [0.15, 0.2) is 16.6 Å². The predicted octanol–water partition coefficient (Wildman–Crippen LogP) is 2.98. The third kappa shape index (κ3) is 3.66. The Balaban J connectivity index is 1.78. The van der Waals surface area contributed by atoms with Gasteiger partial charge in [-0.05, 0) is 40.9 Å². The summed E-state index contributed by atoms with van der Waals surface area (Å²) in [6, 6.07) is 2.97. The molecule has 0 unspecified atom stereocenters. The van der Waals surface area contributed by atoms with Gasteiger partial charge in [-0.25, -0.2) is 0 Å². The average Bonchev–Trinajstić information content (AvgIpc) is 2.80. The Hall–Kier alpha value is -1.76. The van der Waals surface area contributed by atoms with Crippen molar-refractivity contribution in [2.24, 2.45) is 5.92 Å². The highest BCUT2D eigenvalue weighted by atomic mass is 79.9. The van der Waals surface area contributed by atoms with Gasteiger partial charge in [-0.15, -0.1) is 0 Å². The molecule has 2 N–H and O–H groups in total. The minimum atomic E-state index is -0.842. The van der Waals surface area contributed by atoms with Crippen LogP contribution in [-0.2, 0) is 4.79 Å². The van der Waals surface area contributed by atoms with Gasteiger partial charge in [0.2, 0.25) is 0 Å². The third-order valence-corrected chi connectivity index (χ3v) is 5.10. The van der Waals surface area contributed by atoms with Gasteiger partial charge in [-0.2, -0.15) is 0 Å². The maximum atomic E-state index is 12.6. The molecule has 0 aromatic heterocycles. The molecule has 130 valence electrons. The smallest absolute Gasteiger partial charge is 0.308 e. The Morgan fingerprint density at radius 3 is 2.67 bits per heavy atom. The van der Waals surface area contributed by atoms with E-state index in [1.807, 2.05) is 0 Å². The summed E-state index contributed by atoms with van der Waals surface area (Å²) in [7, 11) is 0. The first kappa shape index (κ1) is 17.1. The molecule has 2 atom stereocenters. The van der Waals surface area contributed by atoms with Crippen molar-refractivity contribution in [2.75, 3.05) is 13.2 Å². The molecule has 7 heteroatoms. The fourth-order valence-electron chi connectivity index (χ4n) is 3.27. The first-order chi connectivity index (χ1) is 11.6. The van der Waals surface area contributed by atoms with Crippen LogP contribution in [0.3, 0.4) is 0 Å². The summed E-state index contributed by atoms with van der Waals surface area (Å²) in [5.41, 5.74) is 0.430. The van der Waals surface area contributed by atoms with E-state index in [1.54, 1.807) is 12.1 Å². The van der Waals surface area contributed by atoms with Crippen molar-refractivity contribution in [3.63, 3.8) is 0 Å². The number of hydrogen-bond donors (Lipinski definition) is 2. The highest BCUT2D eigenvalue weighted by Crippen LogP contribution is 2.38. The highest BCUT2D eigenvalue weighted by molar-refractivity contribution is 9.10. The molecule has 0 bridgehead atoms. The zero-order valence-electron chi connectivity index (χ0n) is 13.2. The summed E-state index contributed by atoms with van der Waals surface area (Å²) in [4.78, 5) is 24.1. The van der Waals surface area contributed by atoms with Crippen LogP contribution in [0.2, 0.25) is 0 Å². The molecule has 1 aromatic carbocycles. The van der Waals surface area contributed by atoms with Crippen molar-refractivity contribution in [3.05, 3.63) is 22.2 Å². The lowest BCUT2D eigenvalue weighted by Gasteiger charge is -2.24. The van der Waals surface area contributed by atoms with Gasteiger partial charge in [0.1, 0.15) is 13.2 Å². The minimum Gasteiger partial charge on any atom is -0.486 e. The van der Waals surface area contributed by atoms with E-state index in [1.165, 1.54) is 0 Å². The summed E-state index contributed by atoms with van der Waals surface area (Å²) < 4.78 is 11.7. The van der Waals surface area contributed by atoms with E-state index in [0.717, 1.165) is 19.3 Å². The number of nitrogens with one attached hydrogen (secondary N) is 1. The van der Waals surface area contributed by atoms with E-state index >= 15 is 0 Å². The maximum absolute atomic E-state index is 12.6. The Morgan fingerprint density at radius 1 is 1.12 bits per heavy atom. The molecule has 1 aromatic rings. The number of ether oxygens (including phenoxy) is 2. The quantitative estimate of drug-likeness (QED) is 0.765. The normalized spacial score (nSPS) is 23.2. The number of hydrogen-bond acceptors (Lipinski definition) is 4. The summed E-state index contributed by atoms with van der Waals surface area (Å²) in [6.07, 6.45) is 4.11. The molecular formula is C17H20BrNO5. The fraction of sp³-hybridized carbons (Fsp3) is 0.529. The SMILES string of the molecule is O=C(N[C@H]1CCCCC[C@H]1C(=O)O)c1cc(Br)c2c(c1)OCCO2. The average molecular weight is 398 g/mol. The van der Waals surface area contributed by atoms with Crippen molar-refractivity contribution in [1.82, 2.24) is 5.32 Å². The van der Waals surface area contributed by atoms with E-state index in [-0.39, 0.29) is 11.9 Å². The van der Waals surface area contributed by atoms with Gasteiger partial charge in [-0.1, -0.05) is 19.3 Å². The molecule has 1 aliphatic heterocycles. The molecule has 0 radical (unpaired) electrons. The van der Waals surface area contributed by atoms with Crippen LogP contribution in [0.25, 0.3) is 0 Å². The van der Waals surface area contributed by atoms with Crippen LogP contribution in [0.5, 0.6) is 11.5 Å². The predicted molar refractivity (Wildman–Crippen MR) is 90.6 cm³/mol. The number of benzene rings is 1. The topological polar surface area (TPSA) is 84.9 Å². The molecule has 2 aliphatic rings. The summed E-state index contributed by atoms with van der Waals surface area (Å²) in [6.45, 7) is 0.910. The number of carboxylic acids is 1. The third-order valence-electron chi connectivity index (χ3n) is 4.51. The second-order valence-electron chi connectivity index (χ2n) is 6.14. The van der Waals surface area contributed by atoms with E-state index in [4.69, 9.17) is 9.47 Å². The van der Waals surface area contributed by atoms with Crippen LogP contribution in [-0.4, -0.2) is 36.2 Å². The fourth-order valence-corrected chi connectivity index (χ4v) is 3.83. The maximum Gasteiger partial charge on any atom is 0.308 e. The highest BCUT2D eigenvalue weighted by Gasteiger charge is 2.31. The van der Waals surface area contributed by atoms with Gasteiger partial charge in [0.15, 0.2) is 11.5 Å². The van der Waals surface area contributed by atoms with Gasteiger partial charge < -0.3 is 19.9 Å². The van der Waals surface area contributed by atoms with Crippen LogP contribution in [0.4, 0.5) is 0 Å². The number of amides is 1.